The van der Waals surface area contributed by atoms with E-state index in [-0.39, 0.29) is 11.4 Å². The van der Waals surface area contributed by atoms with Crippen LogP contribution in [0.5, 0.6) is 17.2 Å². The Bertz CT molecular complexity index is 897. The summed E-state index contributed by atoms with van der Waals surface area (Å²) in [5, 5.41) is 10.3. The SMILES string of the molecule is COc1ccc(S(=O)(=O)NCC(O)c2ccc3c(c2)CCO3)cc1OC. The van der Waals surface area contributed by atoms with Gasteiger partial charge in [-0.25, -0.2) is 13.1 Å². The largest absolute Gasteiger partial charge is 0.493 e. The van der Waals surface area contributed by atoms with E-state index >= 15 is 0 Å². The van der Waals surface area contributed by atoms with Crippen molar-refractivity contribution in [2.24, 2.45) is 0 Å². The predicted octanol–water partition coefficient (Wildman–Crippen LogP) is 1.65. The van der Waals surface area contributed by atoms with E-state index in [9.17, 15) is 13.5 Å². The van der Waals surface area contributed by atoms with E-state index in [0.29, 0.717) is 23.7 Å². The minimum Gasteiger partial charge on any atom is -0.493 e. The van der Waals surface area contributed by atoms with Crippen molar-refractivity contribution in [2.75, 3.05) is 27.4 Å². The number of sulfonamides is 1. The molecule has 0 amide bonds. The van der Waals surface area contributed by atoms with Gasteiger partial charge in [0.25, 0.3) is 0 Å². The van der Waals surface area contributed by atoms with Crippen molar-refractivity contribution in [3.63, 3.8) is 0 Å². The Kier molecular flexibility index (Phi) is 5.36. The third kappa shape index (κ3) is 3.77. The number of benzene rings is 2. The molecule has 1 aliphatic rings. The zero-order chi connectivity index (χ0) is 18.7. The van der Waals surface area contributed by atoms with Crippen LogP contribution in [0.15, 0.2) is 41.3 Å². The number of aliphatic hydroxyl groups is 1. The van der Waals surface area contributed by atoms with E-state index < -0.39 is 16.1 Å². The number of methoxy groups -OCH3 is 2. The lowest BCUT2D eigenvalue weighted by Gasteiger charge is -2.14. The summed E-state index contributed by atoms with van der Waals surface area (Å²) in [6.07, 6.45) is -0.177. The number of ether oxygens (including phenoxy) is 3. The van der Waals surface area contributed by atoms with Crippen molar-refractivity contribution in [3.8, 4) is 17.2 Å². The van der Waals surface area contributed by atoms with Crippen LogP contribution >= 0.6 is 0 Å². The van der Waals surface area contributed by atoms with Crippen molar-refractivity contribution in [1.29, 1.82) is 0 Å². The van der Waals surface area contributed by atoms with E-state index in [0.717, 1.165) is 17.7 Å². The normalized spacial score (nSPS) is 14.4. The molecule has 8 heteroatoms. The molecule has 0 saturated heterocycles. The molecule has 3 rings (SSSR count). The summed E-state index contributed by atoms with van der Waals surface area (Å²) in [7, 11) is -0.895. The highest BCUT2D eigenvalue weighted by Gasteiger charge is 2.20. The second-order valence-corrected chi connectivity index (χ2v) is 7.62. The van der Waals surface area contributed by atoms with Crippen molar-refractivity contribution < 1.29 is 27.7 Å². The Morgan fingerprint density at radius 2 is 1.92 bits per heavy atom. The van der Waals surface area contributed by atoms with Gasteiger partial charge in [-0.3, -0.25) is 0 Å². The molecule has 2 aromatic carbocycles. The van der Waals surface area contributed by atoms with Gasteiger partial charge in [-0.1, -0.05) is 6.07 Å². The summed E-state index contributed by atoms with van der Waals surface area (Å²) in [6, 6.07) is 9.69. The van der Waals surface area contributed by atoms with E-state index in [4.69, 9.17) is 14.2 Å². The molecule has 2 aromatic rings. The summed E-state index contributed by atoms with van der Waals surface area (Å²) in [6.45, 7) is 0.483. The summed E-state index contributed by atoms with van der Waals surface area (Å²) >= 11 is 0. The fourth-order valence-corrected chi connectivity index (χ4v) is 3.84. The van der Waals surface area contributed by atoms with Gasteiger partial charge in [0.15, 0.2) is 11.5 Å². The molecule has 0 radical (unpaired) electrons. The molecular formula is C18H21NO6S. The minimum atomic E-state index is -3.80. The summed E-state index contributed by atoms with van der Waals surface area (Å²) in [5.41, 5.74) is 1.66. The van der Waals surface area contributed by atoms with Gasteiger partial charge in [0.1, 0.15) is 5.75 Å². The van der Waals surface area contributed by atoms with Gasteiger partial charge in [0.05, 0.1) is 31.8 Å². The lowest BCUT2D eigenvalue weighted by Crippen LogP contribution is -2.28. The van der Waals surface area contributed by atoms with Crippen molar-refractivity contribution in [3.05, 3.63) is 47.5 Å². The fraction of sp³-hybridized carbons (Fsp3) is 0.333. The van der Waals surface area contributed by atoms with Crippen LogP contribution < -0.4 is 18.9 Å². The molecule has 7 nitrogen and oxygen atoms in total. The number of hydrogen-bond acceptors (Lipinski definition) is 6. The van der Waals surface area contributed by atoms with E-state index in [1.165, 1.54) is 32.4 Å². The average molecular weight is 379 g/mol. The number of aliphatic hydroxyl groups excluding tert-OH is 1. The van der Waals surface area contributed by atoms with Crippen LogP contribution in [0.25, 0.3) is 0 Å². The lowest BCUT2D eigenvalue weighted by atomic mass is 10.0. The van der Waals surface area contributed by atoms with E-state index in [2.05, 4.69) is 4.72 Å². The molecule has 1 heterocycles. The second-order valence-electron chi connectivity index (χ2n) is 5.85. The average Bonchev–Trinajstić information content (AvgIpc) is 3.13. The molecule has 0 bridgehead atoms. The van der Waals surface area contributed by atoms with Crippen molar-refractivity contribution >= 4 is 10.0 Å². The molecular weight excluding hydrogens is 358 g/mol. The van der Waals surface area contributed by atoms with Crippen LogP contribution in [0.4, 0.5) is 0 Å². The molecule has 0 fully saturated rings. The second kappa shape index (κ2) is 7.53. The number of rotatable bonds is 7. The van der Waals surface area contributed by atoms with Gasteiger partial charge >= 0.3 is 0 Å². The highest BCUT2D eigenvalue weighted by Crippen LogP contribution is 2.30. The van der Waals surface area contributed by atoms with Gasteiger partial charge < -0.3 is 19.3 Å². The molecule has 0 spiro atoms. The molecule has 0 aliphatic carbocycles. The summed E-state index contributed by atoms with van der Waals surface area (Å²) in [5.74, 6) is 1.56. The molecule has 140 valence electrons. The smallest absolute Gasteiger partial charge is 0.240 e. The number of nitrogens with one attached hydrogen (secondary N) is 1. The third-order valence-corrected chi connectivity index (χ3v) is 5.65. The standard InChI is InChI=1S/C18H21NO6S/c1-23-17-6-4-14(10-18(17)24-2)26(21,22)19-11-15(20)12-3-5-16-13(9-12)7-8-25-16/h3-6,9-10,15,19-20H,7-8,11H2,1-2H3. The molecule has 1 unspecified atom stereocenters. The maximum absolute atomic E-state index is 12.5. The first kappa shape index (κ1) is 18.5. The van der Waals surface area contributed by atoms with Crippen molar-refractivity contribution in [2.45, 2.75) is 17.4 Å². The Morgan fingerprint density at radius 1 is 1.15 bits per heavy atom. The van der Waals surface area contributed by atoms with Gasteiger partial charge in [-0.15, -0.1) is 0 Å². The monoisotopic (exact) mass is 379 g/mol. The first-order valence-electron chi connectivity index (χ1n) is 8.10. The Hall–Kier alpha value is -2.29. The van der Waals surface area contributed by atoms with Crippen molar-refractivity contribution in [1.82, 2.24) is 4.72 Å². The molecule has 1 aliphatic heterocycles. The Labute approximate surface area is 152 Å². The third-order valence-electron chi connectivity index (χ3n) is 4.23. The van der Waals surface area contributed by atoms with Crippen LogP contribution in [0, 0.1) is 0 Å². The lowest BCUT2D eigenvalue weighted by molar-refractivity contribution is 0.182. The van der Waals surface area contributed by atoms with Crippen LogP contribution in [0.3, 0.4) is 0 Å². The van der Waals surface area contributed by atoms with Crippen LogP contribution in [-0.2, 0) is 16.4 Å². The van der Waals surface area contributed by atoms with Crippen LogP contribution in [-0.4, -0.2) is 40.9 Å². The summed E-state index contributed by atoms with van der Waals surface area (Å²) < 4.78 is 43.1. The van der Waals surface area contributed by atoms with E-state index in [1.807, 2.05) is 6.07 Å². The van der Waals surface area contributed by atoms with Gasteiger partial charge in [-0.05, 0) is 35.4 Å². The molecule has 26 heavy (non-hydrogen) atoms. The number of fused-ring (bicyclic) bond motifs is 1. The first-order valence-corrected chi connectivity index (χ1v) is 9.58. The fourth-order valence-electron chi connectivity index (χ4n) is 2.79. The zero-order valence-electron chi connectivity index (χ0n) is 14.6. The Balaban J connectivity index is 1.71. The van der Waals surface area contributed by atoms with Crippen LogP contribution in [0.2, 0.25) is 0 Å². The quantitative estimate of drug-likeness (QED) is 0.760. The predicted molar refractivity (Wildman–Crippen MR) is 95.3 cm³/mol. The molecule has 1 atom stereocenters. The molecule has 0 saturated carbocycles. The highest BCUT2D eigenvalue weighted by atomic mass is 32.2. The Morgan fingerprint density at radius 3 is 2.65 bits per heavy atom. The molecule has 0 aromatic heterocycles. The van der Waals surface area contributed by atoms with Gasteiger partial charge in [0.2, 0.25) is 10.0 Å². The first-order chi connectivity index (χ1) is 12.4. The zero-order valence-corrected chi connectivity index (χ0v) is 15.4. The number of hydrogen-bond donors (Lipinski definition) is 2. The summed E-state index contributed by atoms with van der Waals surface area (Å²) in [4.78, 5) is 0.0321. The molecule has 2 N–H and O–H groups in total. The van der Waals surface area contributed by atoms with E-state index in [1.54, 1.807) is 12.1 Å². The van der Waals surface area contributed by atoms with Gasteiger partial charge in [0, 0.05) is 19.0 Å². The van der Waals surface area contributed by atoms with Gasteiger partial charge in [-0.2, -0.15) is 0 Å². The maximum atomic E-state index is 12.5. The minimum absolute atomic E-state index is 0.0321. The van der Waals surface area contributed by atoms with Crippen LogP contribution in [0.1, 0.15) is 17.2 Å². The maximum Gasteiger partial charge on any atom is 0.240 e. The highest BCUT2D eigenvalue weighted by molar-refractivity contribution is 7.89. The topological polar surface area (TPSA) is 94.1 Å².